The number of hydrogen-bond acceptors (Lipinski definition) is 5. The summed E-state index contributed by atoms with van der Waals surface area (Å²) in [6.45, 7) is 1.79. The zero-order valence-electron chi connectivity index (χ0n) is 8.82. The van der Waals surface area contributed by atoms with Crippen LogP contribution in [0.3, 0.4) is 0 Å². The molecule has 5 heteroatoms. The predicted molar refractivity (Wildman–Crippen MR) is 55.8 cm³/mol. The minimum Gasteiger partial charge on any atom is -0.494 e. The molecule has 0 radical (unpaired) electrons. The molecule has 0 spiro atoms. The second-order valence-electron chi connectivity index (χ2n) is 2.95. The second-order valence-corrected chi connectivity index (χ2v) is 2.95. The van der Waals surface area contributed by atoms with Gasteiger partial charge in [0.2, 0.25) is 5.95 Å². The van der Waals surface area contributed by atoms with Gasteiger partial charge in [-0.25, -0.2) is 9.97 Å². The molecule has 78 valence electrons. The third-order valence-electron chi connectivity index (χ3n) is 1.89. The van der Waals surface area contributed by atoms with E-state index in [-0.39, 0.29) is 0 Å². The molecule has 0 aliphatic heterocycles. The Balaban J connectivity index is 2.57. The maximum atomic E-state index is 4.97. The van der Waals surface area contributed by atoms with Gasteiger partial charge in [0.05, 0.1) is 19.5 Å². The van der Waals surface area contributed by atoms with Crippen LogP contribution in [0.4, 0.5) is 5.95 Å². The molecule has 0 atom stereocenters. The van der Waals surface area contributed by atoms with Crippen molar-refractivity contribution in [3.05, 3.63) is 12.4 Å². The van der Waals surface area contributed by atoms with Gasteiger partial charge in [-0.05, 0) is 7.05 Å². The van der Waals surface area contributed by atoms with Crippen LogP contribution in [0.5, 0.6) is 5.75 Å². The van der Waals surface area contributed by atoms with Crippen molar-refractivity contribution >= 4 is 5.95 Å². The van der Waals surface area contributed by atoms with Crippen LogP contribution >= 0.6 is 0 Å². The highest BCUT2D eigenvalue weighted by Gasteiger charge is 2.02. The number of hydrogen-bond donors (Lipinski definition) is 1. The Hall–Kier alpha value is -1.36. The summed E-state index contributed by atoms with van der Waals surface area (Å²) in [5, 5.41) is 3.07. The summed E-state index contributed by atoms with van der Waals surface area (Å²) in [6, 6.07) is 0. The lowest BCUT2D eigenvalue weighted by Gasteiger charge is -2.16. The normalized spacial score (nSPS) is 9.93. The number of methoxy groups -OCH3 is 1. The number of likely N-dealkylation sites (N-methyl/N-ethyl adjacent to an activating group) is 2. The first-order valence-corrected chi connectivity index (χ1v) is 4.49. The number of nitrogens with zero attached hydrogens (tertiary/aromatic N) is 3. The third kappa shape index (κ3) is 2.85. The molecule has 0 aliphatic rings. The monoisotopic (exact) mass is 196 g/mol. The van der Waals surface area contributed by atoms with E-state index in [0.29, 0.717) is 11.7 Å². The molecule has 0 aliphatic carbocycles. The molecule has 1 N–H and O–H groups in total. The highest BCUT2D eigenvalue weighted by atomic mass is 16.5. The summed E-state index contributed by atoms with van der Waals surface area (Å²) in [7, 11) is 5.48. The average molecular weight is 196 g/mol. The number of rotatable bonds is 5. The number of anilines is 1. The maximum Gasteiger partial charge on any atom is 0.225 e. The minimum atomic E-state index is 0.677. The lowest BCUT2D eigenvalue weighted by molar-refractivity contribution is 0.410. The molecule has 0 fully saturated rings. The van der Waals surface area contributed by atoms with E-state index in [1.807, 2.05) is 19.0 Å². The van der Waals surface area contributed by atoms with Gasteiger partial charge in [0.15, 0.2) is 5.75 Å². The maximum absolute atomic E-state index is 4.97. The zero-order valence-corrected chi connectivity index (χ0v) is 8.82. The molecule has 0 unspecified atom stereocenters. The molecule has 1 heterocycles. The molecule has 1 aromatic heterocycles. The van der Waals surface area contributed by atoms with Crippen LogP contribution in [0.15, 0.2) is 12.4 Å². The van der Waals surface area contributed by atoms with Gasteiger partial charge in [0.1, 0.15) is 0 Å². The van der Waals surface area contributed by atoms with Crippen molar-refractivity contribution in [2.45, 2.75) is 0 Å². The molecule has 0 saturated carbocycles. The topological polar surface area (TPSA) is 50.3 Å². The van der Waals surface area contributed by atoms with Gasteiger partial charge in [0, 0.05) is 20.1 Å². The molecule has 1 aromatic rings. The van der Waals surface area contributed by atoms with Gasteiger partial charge < -0.3 is 15.0 Å². The smallest absolute Gasteiger partial charge is 0.225 e. The van der Waals surface area contributed by atoms with Crippen LogP contribution in [0.25, 0.3) is 0 Å². The van der Waals surface area contributed by atoms with Crippen molar-refractivity contribution < 1.29 is 4.74 Å². The van der Waals surface area contributed by atoms with Crippen LogP contribution < -0.4 is 15.0 Å². The van der Waals surface area contributed by atoms with E-state index in [0.717, 1.165) is 13.1 Å². The van der Waals surface area contributed by atoms with Gasteiger partial charge in [-0.1, -0.05) is 0 Å². The van der Waals surface area contributed by atoms with E-state index < -0.39 is 0 Å². The molecule has 1 rings (SSSR count). The van der Waals surface area contributed by atoms with Crippen molar-refractivity contribution in [2.75, 3.05) is 39.2 Å². The summed E-state index contributed by atoms with van der Waals surface area (Å²) in [6.07, 6.45) is 3.33. The Kier molecular flexibility index (Phi) is 4.12. The van der Waals surface area contributed by atoms with Crippen molar-refractivity contribution in [3.8, 4) is 5.75 Å². The predicted octanol–water partition coefficient (Wildman–Crippen LogP) is 0.141. The van der Waals surface area contributed by atoms with Gasteiger partial charge in [0.25, 0.3) is 0 Å². The average Bonchev–Trinajstić information content (AvgIpc) is 2.26. The van der Waals surface area contributed by atoms with Crippen LogP contribution in [-0.4, -0.2) is 44.3 Å². The van der Waals surface area contributed by atoms with E-state index in [1.54, 1.807) is 19.5 Å². The van der Waals surface area contributed by atoms with Crippen LogP contribution in [0.2, 0.25) is 0 Å². The van der Waals surface area contributed by atoms with Crippen molar-refractivity contribution in [1.29, 1.82) is 0 Å². The molecular weight excluding hydrogens is 180 g/mol. The fourth-order valence-electron chi connectivity index (χ4n) is 0.991. The van der Waals surface area contributed by atoms with E-state index in [2.05, 4.69) is 15.3 Å². The first kappa shape index (κ1) is 10.7. The summed E-state index contributed by atoms with van der Waals surface area (Å²) < 4.78 is 4.97. The third-order valence-corrected chi connectivity index (χ3v) is 1.89. The Morgan fingerprint density at radius 1 is 1.43 bits per heavy atom. The van der Waals surface area contributed by atoms with Crippen LogP contribution in [-0.2, 0) is 0 Å². The lowest BCUT2D eigenvalue weighted by atomic mass is 10.5. The molecule has 0 amide bonds. The Labute approximate surface area is 84.1 Å². The Bertz CT molecular complexity index is 262. The largest absolute Gasteiger partial charge is 0.494 e. The van der Waals surface area contributed by atoms with E-state index in [9.17, 15) is 0 Å². The molecule has 5 nitrogen and oxygen atoms in total. The summed E-state index contributed by atoms with van der Waals surface area (Å²) in [4.78, 5) is 10.3. The number of aromatic nitrogens is 2. The quantitative estimate of drug-likeness (QED) is 0.726. The molecule has 0 aromatic carbocycles. The lowest BCUT2D eigenvalue weighted by Crippen LogP contribution is -2.28. The van der Waals surface area contributed by atoms with E-state index >= 15 is 0 Å². The summed E-state index contributed by atoms with van der Waals surface area (Å²) in [5.74, 6) is 1.39. The van der Waals surface area contributed by atoms with Crippen LogP contribution in [0, 0.1) is 0 Å². The van der Waals surface area contributed by atoms with Crippen molar-refractivity contribution in [3.63, 3.8) is 0 Å². The summed E-state index contributed by atoms with van der Waals surface area (Å²) >= 11 is 0. The number of nitrogens with one attached hydrogen (secondary N) is 1. The van der Waals surface area contributed by atoms with Gasteiger partial charge in [-0.15, -0.1) is 0 Å². The molecule has 0 bridgehead atoms. The van der Waals surface area contributed by atoms with E-state index in [4.69, 9.17) is 4.74 Å². The van der Waals surface area contributed by atoms with Crippen molar-refractivity contribution in [1.82, 2.24) is 15.3 Å². The highest BCUT2D eigenvalue weighted by Crippen LogP contribution is 2.09. The fraction of sp³-hybridized carbons (Fsp3) is 0.556. The second kappa shape index (κ2) is 5.39. The van der Waals surface area contributed by atoms with Crippen LogP contribution in [0.1, 0.15) is 0 Å². The SMILES string of the molecule is CNCCN(C)c1ncc(OC)cn1. The summed E-state index contributed by atoms with van der Waals surface area (Å²) in [5.41, 5.74) is 0. The van der Waals surface area contributed by atoms with Crippen molar-refractivity contribution in [2.24, 2.45) is 0 Å². The fourth-order valence-corrected chi connectivity index (χ4v) is 0.991. The standard InChI is InChI=1S/C9H16N4O/c1-10-4-5-13(2)9-11-6-8(14-3)7-12-9/h6-7,10H,4-5H2,1-3H3. The highest BCUT2D eigenvalue weighted by molar-refractivity contribution is 5.29. The first-order valence-electron chi connectivity index (χ1n) is 4.49. The Morgan fingerprint density at radius 2 is 2.07 bits per heavy atom. The van der Waals surface area contributed by atoms with Gasteiger partial charge >= 0.3 is 0 Å². The van der Waals surface area contributed by atoms with E-state index in [1.165, 1.54) is 0 Å². The molecular formula is C9H16N4O. The number of ether oxygens (including phenoxy) is 1. The minimum absolute atomic E-state index is 0.677. The van der Waals surface area contributed by atoms with Gasteiger partial charge in [-0.3, -0.25) is 0 Å². The molecule has 0 saturated heterocycles. The zero-order chi connectivity index (χ0) is 10.4. The molecule has 14 heavy (non-hydrogen) atoms. The Morgan fingerprint density at radius 3 is 2.57 bits per heavy atom. The first-order chi connectivity index (χ1) is 6.77. The van der Waals surface area contributed by atoms with Gasteiger partial charge in [-0.2, -0.15) is 0 Å².